The molecular formula is C81H138N6O15. The Balaban J connectivity index is 1.10. The molecule has 21 nitrogen and oxygen atoms in total. The minimum absolute atomic E-state index is 0.317. The predicted octanol–water partition coefficient (Wildman–Crippen LogP) is 18.2. The van der Waals surface area contributed by atoms with Gasteiger partial charge in [-0.15, -0.1) is 0 Å². The van der Waals surface area contributed by atoms with Gasteiger partial charge in [0.2, 0.25) is 17.8 Å². The fourth-order valence-electron chi connectivity index (χ4n) is 10.8. The Hall–Kier alpha value is -5.01. The van der Waals surface area contributed by atoms with E-state index in [0.29, 0.717) is 194 Å². The van der Waals surface area contributed by atoms with Crippen LogP contribution in [0.2, 0.25) is 0 Å². The van der Waals surface area contributed by atoms with Gasteiger partial charge in [0, 0.05) is 36.9 Å². The molecule has 0 atom stereocenters. The van der Waals surface area contributed by atoms with E-state index < -0.39 is 0 Å². The molecule has 0 amide bonds. The highest BCUT2D eigenvalue weighted by Gasteiger charge is 2.11. The van der Waals surface area contributed by atoms with E-state index in [1.807, 2.05) is 72.8 Å². The first kappa shape index (κ1) is 89.4. The lowest BCUT2D eigenvalue weighted by Gasteiger charge is -2.13. The highest BCUT2D eigenvalue weighted by Crippen LogP contribution is 2.25. The standard InChI is InChI=1S/C81H138N6O15/c1-4-7-10-13-16-19-22-25-28-31-46-88-49-52-91-55-58-94-61-64-97-67-70-100-76-40-34-73(35-41-76)82-79-85-80(83-74-36-42-77(43-37-74)101-71-68-98-65-62-95-59-56-92-53-50-89-47-32-29-26-23-20-17-14-11-8-5-2)87-81(86-79)84-75-38-44-78(45-39-75)102-72-69-99-66-63-96-60-57-93-54-51-90-48-33-30-27-24-21-18-15-12-9-6-3/h34-45H,4-33,46-72H2,1-3H3,(H3,82,83,84,85,86,87). The molecule has 3 N–H and O–H groups in total. The van der Waals surface area contributed by atoms with E-state index in [0.717, 1.165) is 56.1 Å². The first-order chi connectivity index (χ1) is 50.6. The van der Waals surface area contributed by atoms with Crippen molar-refractivity contribution in [3.05, 3.63) is 72.8 Å². The number of ether oxygens (including phenoxy) is 15. The summed E-state index contributed by atoms with van der Waals surface area (Å²) in [6.45, 7) is 21.3. The van der Waals surface area contributed by atoms with E-state index in [1.54, 1.807) is 0 Å². The molecule has 582 valence electrons. The third-order valence-electron chi connectivity index (χ3n) is 16.7. The molecule has 102 heavy (non-hydrogen) atoms. The Kier molecular flexibility index (Phi) is 60.5. The maximum absolute atomic E-state index is 5.96. The van der Waals surface area contributed by atoms with Gasteiger partial charge in [0.05, 0.1) is 139 Å². The molecule has 4 aromatic rings. The minimum Gasteiger partial charge on any atom is -0.491 e. The van der Waals surface area contributed by atoms with E-state index in [-0.39, 0.29) is 0 Å². The van der Waals surface area contributed by atoms with E-state index >= 15 is 0 Å². The molecule has 0 aliphatic rings. The van der Waals surface area contributed by atoms with Crippen LogP contribution in [0, 0.1) is 0 Å². The fraction of sp³-hybridized carbons (Fsp3) is 0.741. The molecule has 0 unspecified atom stereocenters. The van der Waals surface area contributed by atoms with Crippen molar-refractivity contribution in [1.82, 2.24) is 15.0 Å². The minimum atomic E-state index is 0.317. The summed E-state index contributed by atoms with van der Waals surface area (Å²) in [5.74, 6) is 3.05. The monoisotopic (exact) mass is 1440 g/mol. The van der Waals surface area contributed by atoms with Gasteiger partial charge in [-0.05, 0) is 92.1 Å². The van der Waals surface area contributed by atoms with Crippen molar-refractivity contribution in [2.24, 2.45) is 0 Å². The van der Waals surface area contributed by atoms with Crippen molar-refractivity contribution < 1.29 is 71.1 Å². The molecule has 21 heteroatoms. The van der Waals surface area contributed by atoms with E-state index in [2.05, 4.69) is 36.7 Å². The molecule has 1 aromatic heterocycles. The number of hydrogen-bond acceptors (Lipinski definition) is 21. The number of anilines is 6. The lowest BCUT2D eigenvalue weighted by molar-refractivity contribution is -0.00487. The SMILES string of the molecule is CCCCCCCCCCCCOCCOCCOCCOCCOc1ccc(Nc2nc(Nc3ccc(OCCOCCOCCOCCOCCCCCCCCCCCC)cc3)nc(Nc3ccc(OCCOCCOCCOCCOCCCCCCCCCCCC)cc3)n2)cc1. The maximum Gasteiger partial charge on any atom is 0.233 e. The molecular weight excluding hydrogens is 1300 g/mol. The van der Waals surface area contributed by atoms with Gasteiger partial charge in [-0.25, -0.2) is 0 Å². The summed E-state index contributed by atoms with van der Waals surface area (Å²) < 4.78 is 86.3. The van der Waals surface area contributed by atoms with Crippen LogP contribution in [0.15, 0.2) is 72.8 Å². The summed E-state index contributed by atoms with van der Waals surface area (Å²) in [4.78, 5) is 14.2. The largest absolute Gasteiger partial charge is 0.491 e. The van der Waals surface area contributed by atoms with E-state index in [4.69, 9.17) is 86.0 Å². The molecule has 0 saturated carbocycles. The second-order valence-corrected chi connectivity index (χ2v) is 25.7. The lowest BCUT2D eigenvalue weighted by Crippen LogP contribution is -2.14. The number of benzene rings is 3. The van der Waals surface area contributed by atoms with Crippen molar-refractivity contribution in [1.29, 1.82) is 0 Å². The maximum atomic E-state index is 5.96. The summed E-state index contributed by atoms with van der Waals surface area (Å²) in [5.41, 5.74) is 2.26. The van der Waals surface area contributed by atoms with Crippen molar-refractivity contribution in [2.45, 2.75) is 213 Å². The van der Waals surface area contributed by atoms with Crippen molar-refractivity contribution in [2.75, 3.05) is 194 Å². The zero-order valence-electron chi connectivity index (χ0n) is 63.7. The highest BCUT2D eigenvalue weighted by atomic mass is 16.6. The van der Waals surface area contributed by atoms with Crippen LogP contribution < -0.4 is 30.2 Å². The van der Waals surface area contributed by atoms with Crippen molar-refractivity contribution in [3.63, 3.8) is 0 Å². The Morgan fingerprint density at radius 1 is 0.186 bits per heavy atom. The third-order valence-corrected chi connectivity index (χ3v) is 16.7. The second-order valence-electron chi connectivity index (χ2n) is 25.7. The van der Waals surface area contributed by atoms with Gasteiger partial charge in [0.15, 0.2) is 0 Å². The van der Waals surface area contributed by atoms with Crippen molar-refractivity contribution >= 4 is 34.9 Å². The number of rotatable bonds is 78. The summed E-state index contributed by atoms with van der Waals surface area (Å²) in [6, 6.07) is 22.7. The van der Waals surface area contributed by atoms with Gasteiger partial charge in [0.25, 0.3) is 0 Å². The number of hydrogen-bond donors (Lipinski definition) is 3. The van der Waals surface area contributed by atoms with Crippen molar-refractivity contribution in [3.8, 4) is 17.2 Å². The van der Waals surface area contributed by atoms with Gasteiger partial charge in [-0.2, -0.15) is 15.0 Å². The van der Waals surface area contributed by atoms with Crippen LogP contribution in [0.1, 0.15) is 213 Å². The number of nitrogens with one attached hydrogen (secondary N) is 3. The van der Waals surface area contributed by atoms with Crippen LogP contribution in [0.5, 0.6) is 17.2 Å². The van der Waals surface area contributed by atoms with E-state index in [9.17, 15) is 0 Å². The Morgan fingerprint density at radius 3 is 0.529 bits per heavy atom. The number of aromatic nitrogens is 3. The van der Waals surface area contributed by atoms with E-state index in [1.165, 1.54) is 173 Å². The summed E-state index contributed by atoms with van der Waals surface area (Å²) in [7, 11) is 0. The van der Waals surface area contributed by atoms with Crippen LogP contribution in [-0.4, -0.2) is 193 Å². The van der Waals surface area contributed by atoms with Crippen LogP contribution in [-0.2, 0) is 56.8 Å². The van der Waals surface area contributed by atoms with Crippen LogP contribution in [0.4, 0.5) is 34.9 Å². The Labute approximate surface area is 616 Å². The molecule has 0 bridgehead atoms. The quantitative estimate of drug-likeness (QED) is 0.0351. The predicted molar refractivity (Wildman–Crippen MR) is 411 cm³/mol. The lowest BCUT2D eigenvalue weighted by atomic mass is 10.1. The highest BCUT2D eigenvalue weighted by molar-refractivity contribution is 5.63. The second kappa shape index (κ2) is 69.1. The normalized spacial score (nSPS) is 11.4. The van der Waals surface area contributed by atoms with Crippen LogP contribution in [0.25, 0.3) is 0 Å². The van der Waals surface area contributed by atoms with Crippen LogP contribution in [0.3, 0.4) is 0 Å². The zero-order chi connectivity index (χ0) is 71.8. The topological polar surface area (TPSA) is 213 Å². The Bertz CT molecular complexity index is 2130. The van der Waals surface area contributed by atoms with Gasteiger partial charge < -0.3 is 87.0 Å². The summed E-state index contributed by atoms with van der Waals surface area (Å²) in [5, 5.41) is 9.98. The zero-order valence-corrected chi connectivity index (χ0v) is 63.7. The third kappa shape index (κ3) is 54.6. The first-order valence-corrected chi connectivity index (χ1v) is 39.8. The molecule has 0 aliphatic heterocycles. The molecule has 0 saturated heterocycles. The molecule has 0 aliphatic carbocycles. The molecule has 4 rings (SSSR count). The van der Waals surface area contributed by atoms with Gasteiger partial charge in [-0.1, -0.05) is 194 Å². The number of nitrogens with zero attached hydrogens (tertiary/aromatic N) is 3. The Morgan fingerprint density at radius 2 is 0.343 bits per heavy atom. The van der Waals surface area contributed by atoms with Gasteiger partial charge >= 0.3 is 0 Å². The van der Waals surface area contributed by atoms with Gasteiger partial charge in [-0.3, -0.25) is 0 Å². The molecule has 0 fully saturated rings. The fourth-order valence-corrected chi connectivity index (χ4v) is 10.8. The molecule has 1 heterocycles. The summed E-state index contributed by atoms with van der Waals surface area (Å²) in [6.07, 6.45) is 39.7. The average molecular weight is 1440 g/mol. The smallest absolute Gasteiger partial charge is 0.233 e. The molecule has 0 spiro atoms. The average Bonchev–Trinajstić information content (AvgIpc) is 0.839. The molecule has 3 aromatic carbocycles. The first-order valence-electron chi connectivity index (χ1n) is 39.8. The molecule has 0 radical (unpaired) electrons. The van der Waals surface area contributed by atoms with Gasteiger partial charge in [0.1, 0.15) is 37.1 Å². The number of unbranched alkanes of at least 4 members (excludes halogenated alkanes) is 27. The summed E-state index contributed by atoms with van der Waals surface area (Å²) >= 11 is 0. The van der Waals surface area contributed by atoms with Crippen LogP contribution >= 0.6 is 0 Å².